The molecule has 0 aliphatic heterocycles. The average molecular weight is 535 g/mol. The summed E-state index contributed by atoms with van der Waals surface area (Å²) in [6, 6.07) is 53.6. The zero-order chi connectivity index (χ0) is 27.9. The van der Waals surface area contributed by atoms with Crippen molar-refractivity contribution in [1.29, 1.82) is 0 Å². The van der Waals surface area contributed by atoms with Crippen LogP contribution in [0.25, 0.3) is 35.4 Å². The summed E-state index contributed by atoms with van der Waals surface area (Å²) in [4.78, 5) is 0. The molecule has 0 N–H and O–H groups in total. The van der Waals surface area contributed by atoms with E-state index in [1.807, 2.05) is 0 Å². The maximum atomic E-state index is 2.32. The fraction of sp³-hybridized carbons (Fsp3) is 0.0476. The third-order valence-electron chi connectivity index (χ3n) is 8.93. The molecule has 0 unspecified atom stereocenters. The van der Waals surface area contributed by atoms with E-state index in [1.165, 1.54) is 66.8 Å². The second-order valence-corrected chi connectivity index (χ2v) is 11.3. The van der Waals surface area contributed by atoms with Gasteiger partial charge < -0.3 is 0 Å². The highest BCUT2D eigenvalue weighted by atomic mass is 14.3. The van der Waals surface area contributed by atoms with E-state index < -0.39 is 0 Å². The van der Waals surface area contributed by atoms with Crippen LogP contribution in [0.15, 0.2) is 146 Å². The molecule has 42 heavy (non-hydrogen) atoms. The van der Waals surface area contributed by atoms with Crippen LogP contribution < -0.4 is 0 Å². The molecule has 0 saturated carbocycles. The van der Waals surface area contributed by atoms with Gasteiger partial charge in [0.05, 0.1) is 0 Å². The summed E-state index contributed by atoms with van der Waals surface area (Å²) in [6.07, 6.45) is 9.02. The van der Waals surface area contributed by atoms with Crippen LogP contribution in [0.5, 0.6) is 0 Å². The molecule has 0 heteroatoms. The van der Waals surface area contributed by atoms with Crippen molar-refractivity contribution in [2.24, 2.45) is 0 Å². The van der Waals surface area contributed by atoms with Gasteiger partial charge in [-0.2, -0.15) is 0 Å². The zero-order valence-electron chi connectivity index (χ0n) is 23.3. The zero-order valence-corrected chi connectivity index (χ0v) is 23.3. The number of rotatable bonds is 3. The third kappa shape index (κ3) is 4.24. The number of benzene rings is 6. The molecular formula is C42H30. The normalized spacial score (nSPS) is 13.8. The van der Waals surface area contributed by atoms with Crippen LogP contribution in [0.1, 0.15) is 67.5 Å². The minimum absolute atomic E-state index is 0.202. The average Bonchev–Trinajstić information content (AvgIpc) is 3.33. The van der Waals surface area contributed by atoms with Crippen LogP contribution in [0.3, 0.4) is 0 Å². The van der Waals surface area contributed by atoms with Gasteiger partial charge in [0.25, 0.3) is 0 Å². The lowest BCUT2D eigenvalue weighted by molar-refractivity contribution is 0.972. The van der Waals surface area contributed by atoms with Gasteiger partial charge >= 0.3 is 0 Å². The Hall–Kier alpha value is -5.20. The molecule has 0 amide bonds. The Morgan fingerprint density at radius 2 is 0.524 bits per heavy atom. The van der Waals surface area contributed by atoms with Crippen molar-refractivity contribution in [3.63, 3.8) is 0 Å². The van der Waals surface area contributed by atoms with E-state index in [2.05, 4.69) is 170 Å². The van der Waals surface area contributed by atoms with Crippen molar-refractivity contribution in [1.82, 2.24) is 0 Å². The molecule has 0 atom stereocenters. The topological polar surface area (TPSA) is 0 Å². The molecule has 0 radical (unpaired) electrons. The fourth-order valence-corrected chi connectivity index (χ4v) is 6.85. The lowest BCUT2D eigenvalue weighted by Gasteiger charge is -2.22. The van der Waals surface area contributed by atoms with Gasteiger partial charge in [0, 0.05) is 11.8 Å². The highest BCUT2D eigenvalue weighted by Crippen LogP contribution is 2.41. The first-order valence-corrected chi connectivity index (χ1v) is 14.8. The van der Waals surface area contributed by atoms with Crippen LogP contribution in [0.2, 0.25) is 0 Å². The van der Waals surface area contributed by atoms with Crippen molar-refractivity contribution in [2.45, 2.75) is 11.8 Å². The molecule has 8 rings (SSSR count). The summed E-state index contributed by atoms with van der Waals surface area (Å²) in [5.74, 6) is 0.403. The lowest BCUT2D eigenvalue weighted by Crippen LogP contribution is -2.06. The number of hydrogen-bond donors (Lipinski definition) is 0. The predicted octanol–water partition coefficient (Wildman–Crippen LogP) is 10.7. The van der Waals surface area contributed by atoms with Gasteiger partial charge in [-0.25, -0.2) is 0 Å². The summed E-state index contributed by atoms with van der Waals surface area (Å²) in [5.41, 5.74) is 15.7. The standard InChI is InChI=1S/C42H30/c1-5-13-37-31(9-1)21-22-32-10-2-6-14-38(32)41(37)35-25-17-29(18-26-35)30-19-27-36(28-20-30)42-39-15-7-3-11-33(39)23-24-34-12-4-8-16-40(34)42/h1-28,41-42H. The molecule has 0 heterocycles. The Labute approximate surface area is 248 Å². The minimum atomic E-state index is 0.202. The van der Waals surface area contributed by atoms with Gasteiger partial charge in [-0.1, -0.05) is 170 Å². The van der Waals surface area contributed by atoms with E-state index >= 15 is 0 Å². The van der Waals surface area contributed by atoms with Crippen LogP contribution in [-0.2, 0) is 0 Å². The summed E-state index contributed by atoms with van der Waals surface area (Å²) in [7, 11) is 0. The van der Waals surface area contributed by atoms with Crippen molar-refractivity contribution in [3.8, 4) is 11.1 Å². The molecule has 6 aromatic rings. The van der Waals surface area contributed by atoms with Crippen LogP contribution in [0, 0.1) is 0 Å². The Kier molecular flexibility index (Phi) is 6.04. The minimum Gasteiger partial charge on any atom is -0.0619 e. The third-order valence-corrected chi connectivity index (χ3v) is 8.93. The Bertz CT molecular complexity index is 1720. The van der Waals surface area contributed by atoms with Gasteiger partial charge in [-0.15, -0.1) is 0 Å². The second kappa shape index (κ2) is 10.3. The SMILES string of the molecule is C1=Cc2ccccc2C(c2ccc(-c3ccc(C4c5ccccc5C=Cc5ccccc54)cc3)cc2)c2ccccc21. The molecule has 0 spiro atoms. The first-order chi connectivity index (χ1) is 20.8. The second-order valence-electron chi connectivity index (χ2n) is 11.3. The van der Waals surface area contributed by atoms with Crippen molar-refractivity contribution in [2.75, 3.05) is 0 Å². The molecule has 0 bridgehead atoms. The molecule has 0 fully saturated rings. The fourth-order valence-electron chi connectivity index (χ4n) is 6.85. The van der Waals surface area contributed by atoms with E-state index in [-0.39, 0.29) is 11.8 Å². The monoisotopic (exact) mass is 534 g/mol. The quantitative estimate of drug-likeness (QED) is 0.211. The van der Waals surface area contributed by atoms with Crippen LogP contribution in [-0.4, -0.2) is 0 Å². The molecule has 0 saturated heterocycles. The van der Waals surface area contributed by atoms with E-state index in [1.54, 1.807) is 0 Å². The molecule has 6 aromatic carbocycles. The largest absolute Gasteiger partial charge is 0.0619 e. The summed E-state index contributed by atoms with van der Waals surface area (Å²) < 4.78 is 0. The maximum absolute atomic E-state index is 2.32. The molecular weight excluding hydrogens is 504 g/mol. The summed E-state index contributed by atoms with van der Waals surface area (Å²) in [5, 5.41) is 0. The molecule has 0 aromatic heterocycles. The van der Waals surface area contributed by atoms with Crippen molar-refractivity contribution in [3.05, 3.63) is 201 Å². The van der Waals surface area contributed by atoms with Crippen LogP contribution in [0.4, 0.5) is 0 Å². The Morgan fingerprint density at radius 3 is 0.810 bits per heavy atom. The number of hydrogen-bond acceptors (Lipinski definition) is 0. The van der Waals surface area contributed by atoms with Crippen LogP contribution >= 0.6 is 0 Å². The lowest BCUT2D eigenvalue weighted by atomic mass is 9.81. The number of fused-ring (bicyclic) bond motifs is 4. The first-order valence-electron chi connectivity index (χ1n) is 14.8. The highest BCUT2D eigenvalue weighted by Gasteiger charge is 2.24. The summed E-state index contributed by atoms with van der Waals surface area (Å²) >= 11 is 0. The smallest absolute Gasteiger partial charge is 0.0351 e. The van der Waals surface area contributed by atoms with Gasteiger partial charge in [-0.3, -0.25) is 0 Å². The van der Waals surface area contributed by atoms with E-state index in [0.29, 0.717) is 0 Å². The molecule has 2 aliphatic carbocycles. The Morgan fingerprint density at radius 1 is 0.262 bits per heavy atom. The summed E-state index contributed by atoms with van der Waals surface area (Å²) in [6.45, 7) is 0. The van der Waals surface area contributed by atoms with Gasteiger partial charge in [0.1, 0.15) is 0 Å². The van der Waals surface area contributed by atoms with Crippen molar-refractivity contribution < 1.29 is 0 Å². The molecule has 198 valence electrons. The van der Waals surface area contributed by atoms with Gasteiger partial charge in [0.15, 0.2) is 0 Å². The van der Waals surface area contributed by atoms with E-state index in [0.717, 1.165) is 0 Å². The van der Waals surface area contributed by atoms with E-state index in [9.17, 15) is 0 Å². The maximum Gasteiger partial charge on any atom is 0.0351 e. The van der Waals surface area contributed by atoms with Gasteiger partial charge in [-0.05, 0) is 66.8 Å². The molecule has 2 aliphatic rings. The predicted molar refractivity (Wildman–Crippen MR) is 177 cm³/mol. The first kappa shape index (κ1) is 24.6. The highest BCUT2D eigenvalue weighted by molar-refractivity contribution is 5.79. The van der Waals surface area contributed by atoms with Gasteiger partial charge in [0.2, 0.25) is 0 Å². The molecule has 0 nitrogen and oxygen atoms in total. The Balaban J connectivity index is 1.15. The van der Waals surface area contributed by atoms with E-state index in [4.69, 9.17) is 0 Å². The van der Waals surface area contributed by atoms with Crippen molar-refractivity contribution >= 4 is 24.3 Å².